The van der Waals surface area contributed by atoms with E-state index in [4.69, 9.17) is 11.6 Å². The van der Waals surface area contributed by atoms with Crippen molar-refractivity contribution >= 4 is 23.2 Å². The predicted octanol–water partition coefficient (Wildman–Crippen LogP) is 3.75. The van der Waals surface area contributed by atoms with E-state index in [-0.39, 0.29) is 5.91 Å². The quantitative estimate of drug-likeness (QED) is 0.507. The molecule has 0 fully saturated rings. The van der Waals surface area contributed by atoms with Gasteiger partial charge >= 0.3 is 0 Å². The Balaban J connectivity index is 1.43. The summed E-state index contributed by atoms with van der Waals surface area (Å²) >= 11 is 5.91. The SMILES string of the molecule is CCn1ncc(Cn2cc(NC(=O)c3cc(-c4ccc(Cl)cc4)n[nH]3)cn2)c1C. The van der Waals surface area contributed by atoms with Gasteiger partial charge in [0.25, 0.3) is 5.91 Å². The van der Waals surface area contributed by atoms with E-state index in [2.05, 4.69) is 32.6 Å². The van der Waals surface area contributed by atoms with Crippen LogP contribution in [0.2, 0.25) is 5.02 Å². The number of nitrogens with zero attached hydrogens (tertiary/aromatic N) is 5. The number of benzene rings is 1. The van der Waals surface area contributed by atoms with Gasteiger partial charge in [0.15, 0.2) is 0 Å². The molecule has 0 aliphatic carbocycles. The largest absolute Gasteiger partial charge is 0.318 e. The van der Waals surface area contributed by atoms with Crippen molar-refractivity contribution < 1.29 is 4.79 Å². The molecule has 4 aromatic rings. The highest BCUT2D eigenvalue weighted by atomic mass is 35.5. The maximum absolute atomic E-state index is 12.5. The van der Waals surface area contributed by atoms with Crippen LogP contribution in [-0.2, 0) is 13.1 Å². The third-order valence-corrected chi connectivity index (χ3v) is 4.94. The summed E-state index contributed by atoms with van der Waals surface area (Å²) < 4.78 is 3.71. The molecule has 8 nitrogen and oxygen atoms in total. The monoisotopic (exact) mass is 409 g/mol. The first-order valence-corrected chi connectivity index (χ1v) is 9.57. The van der Waals surface area contributed by atoms with Gasteiger partial charge < -0.3 is 5.32 Å². The molecule has 0 unspecified atom stereocenters. The number of rotatable bonds is 6. The Kier molecular flexibility index (Phi) is 5.18. The topological polar surface area (TPSA) is 93.4 Å². The number of halogens is 1. The van der Waals surface area contributed by atoms with Crippen molar-refractivity contribution in [3.05, 3.63) is 70.9 Å². The number of aryl methyl sites for hydroxylation is 1. The molecule has 29 heavy (non-hydrogen) atoms. The van der Waals surface area contributed by atoms with Gasteiger partial charge in [-0.3, -0.25) is 19.3 Å². The van der Waals surface area contributed by atoms with E-state index in [0.717, 1.165) is 23.4 Å². The summed E-state index contributed by atoms with van der Waals surface area (Å²) in [6, 6.07) is 8.97. The first-order chi connectivity index (χ1) is 14.0. The van der Waals surface area contributed by atoms with Gasteiger partial charge in [-0.05, 0) is 32.0 Å². The summed E-state index contributed by atoms with van der Waals surface area (Å²) in [5.41, 5.74) is 4.72. The summed E-state index contributed by atoms with van der Waals surface area (Å²) in [6.45, 7) is 5.51. The zero-order chi connectivity index (χ0) is 20.4. The number of hydrogen-bond donors (Lipinski definition) is 2. The Morgan fingerprint density at radius 3 is 2.72 bits per heavy atom. The molecule has 0 bridgehead atoms. The molecule has 2 N–H and O–H groups in total. The molecule has 4 rings (SSSR count). The number of carbonyl (C=O) groups is 1. The lowest BCUT2D eigenvalue weighted by Crippen LogP contribution is -2.11. The normalized spacial score (nSPS) is 11.0. The van der Waals surface area contributed by atoms with Crippen molar-refractivity contribution in [1.29, 1.82) is 0 Å². The Labute approximate surface area is 172 Å². The molecule has 3 aromatic heterocycles. The van der Waals surface area contributed by atoms with Gasteiger partial charge in [-0.1, -0.05) is 23.7 Å². The summed E-state index contributed by atoms with van der Waals surface area (Å²) in [7, 11) is 0. The first-order valence-electron chi connectivity index (χ1n) is 9.20. The van der Waals surface area contributed by atoms with Gasteiger partial charge in [-0.15, -0.1) is 0 Å². The minimum absolute atomic E-state index is 0.285. The highest BCUT2D eigenvalue weighted by Crippen LogP contribution is 2.20. The van der Waals surface area contributed by atoms with Crippen LogP contribution in [0.15, 0.2) is 48.9 Å². The summed E-state index contributed by atoms with van der Waals surface area (Å²) in [6.07, 6.45) is 5.26. The minimum Gasteiger partial charge on any atom is -0.318 e. The number of anilines is 1. The average Bonchev–Trinajstić information content (AvgIpc) is 3.44. The summed E-state index contributed by atoms with van der Waals surface area (Å²) in [4.78, 5) is 12.5. The molecular weight excluding hydrogens is 390 g/mol. The van der Waals surface area contributed by atoms with Gasteiger partial charge in [0.1, 0.15) is 5.69 Å². The first kappa shape index (κ1) is 18.9. The van der Waals surface area contributed by atoms with E-state index in [1.807, 2.05) is 29.9 Å². The van der Waals surface area contributed by atoms with Gasteiger partial charge in [0, 0.05) is 34.6 Å². The lowest BCUT2D eigenvalue weighted by atomic mass is 10.1. The van der Waals surface area contributed by atoms with E-state index >= 15 is 0 Å². The summed E-state index contributed by atoms with van der Waals surface area (Å²) in [5.74, 6) is -0.285. The number of hydrogen-bond acceptors (Lipinski definition) is 4. The van der Waals surface area contributed by atoms with Gasteiger partial charge in [-0.25, -0.2) is 0 Å². The number of H-pyrrole nitrogens is 1. The molecule has 9 heteroatoms. The molecule has 0 aliphatic rings. The second-order valence-corrected chi connectivity index (χ2v) is 7.06. The molecule has 0 spiro atoms. The van der Waals surface area contributed by atoms with Crippen LogP contribution in [-0.4, -0.2) is 35.7 Å². The fraction of sp³-hybridized carbons (Fsp3) is 0.200. The average molecular weight is 410 g/mol. The zero-order valence-corrected chi connectivity index (χ0v) is 16.8. The van der Waals surface area contributed by atoms with Crippen LogP contribution in [0.1, 0.15) is 28.7 Å². The van der Waals surface area contributed by atoms with Gasteiger partial charge in [-0.2, -0.15) is 15.3 Å². The van der Waals surface area contributed by atoms with E-state index < -0.39 is 0 Å². The van der Waals surface area contributed by atoms with Crippen molar-refractivity contribution in [2.75, 3.05) is 5.32 Å². The molecule has 0 atom stereocenters. The van der Waals surface area contributed by atoms with Crippen LogP contribution in [0.5, 0.6) is 0 Å². The maximum Gasteiger partial charge on any atom is 0.273 e. The van der Waals surface area contributed by atoms with Crippen LogP contribution < -0.4 is 5.32 Å². The van der Waals surface area contributed by atoms with Crippen LogP contribution in [0.3, 0.4) is 0 Å². The highest BCUT2D eigenvalue weighted by molar-refractivity contribution is 6.30. The number of aromatic nitrogens is 6. The van der Waals surface area contributed by atoms with E-state index in [9.17, 15) is 4.79 Å². The highest BCUT2D eigenvalue weighted by Gasteiger charge is 2.13. The maximum atomic E-state index is 12.5. The molecule has 3 heterocycles. The number of amides is 1. The number of aromatic amines is 1. The van der Waals surface area contributed by atoms with Crippen molar-refractivity contribution in [3.63, 3.8) is 0 Å². The van der Waals surface area contributed by atoms with Crippen LogP contribution in [0.4, 0.5) is 5.69 Å². The molecule has 148 valence electrons. The molecular formula is C20H20ClN7O. The smallest absolute Gasteiger partial charge is 0.273 e. The molecule has 0 radical (unpaired) electrons. The van der Waals surface area contributed by atoms with E-state index in [1.54, 1.807) is 35.3 Å². The van der Waals surface area contributed by atoms with Gasteiger partial charge in [0.05, 0.1) is 30.3 Å². The third-order valence-electron chi connectivity index (χ3n) is 4.69. The molecule has 0 saturated carbocycles. The molecule has 1 amide bonds. The Morgan fingerprint density at radius 2 is 2.00 bits per heavy atom. The second-order valence-electron chi connectivity index (χ2n) is 6.63. The number of carbonyl (C=O) groups excluding carboxylic acids is 1. The molecule has 1 aromatic carbocycles. The zero-order valence-electron chi connectivity index (χ0n) is 16.1. The predicted molar refractivity (Wildman–Crippen MR) is 111 cm³/mol. The fourth-order valence-electron chi connectivity index (χ4n) is 3.05. The van der Waals surface area contributed by atoms with Crippen LogP contribution in [0, 0.1) is 6.92 Å². The lowest BCUT2D eigenvalue weighted by Gasteiger charge is -2.03. The van der Waals surface area contributed by atoms with E-state index in [0.29, 0.717) is 28.6 Å². The van der Waals surface area contributed by atoms with Crippen molar-refractivity contribution in [2.45, 2.75) is 26.9 Å². The van der Waals surface area contributed by atoms with Crippen LogP contribution >= 0.6 is 11.6 Å². The number of nitrogens with one attached hydrogen (secondary N) is 2. The third kappa shape index (κ3) is 4.07. The Bertz CT molecular complexity index is 1140. The fourth-order valence-corrected chi connectivity index (χ4v) is 3.18. The van der Waals surface area contributed by atoms with Crippen LogP contribution in [0.25, 0.3) is 11.3 Å². The summed E-state index contributed by atoms with van der Waals surface area (Å²) in [5, 5.41) is 19.1. The van der Waals surface area contributed by atoms with Crippen molar-refractivity contribution in [3.8, 4) is 11.3 Å². The Morgan fingerprint density at radius 1 is 1.21 bits per heavy atom. The molecule has 0 saturated heterocycles. The van der Waals surface area contributed by atoms with Crippen molar-refractivity contribution in [2.24, 2.45) is 0 Å². The molecule has 0 aliphatic heterocycles. The standard InChI is InChI=1S/C20H20ClN7O/c1-3-28-13(2)15(9-23-28)11-27-12-17(10-22-27)24-20(29)19-8-18(25-26-19)14-4-6-16(21)7-5-14/h4-10,12H,3,11H2,1-2H3,(H,24,29)(H,25,26). The van der Waals surface area contributed by atoms with Gasteiger partial charge in [0.2, 0.25) is 0 Å². The van der Waals surface area contributed by atoms with E-state index in [1.165, 1.54) is 0 Å². The second kappa shape index (κ2) is 7.92. The lowest BCUT2D eigenvalue weighted by molar-refractivity contribution is 0.102. The Hall–Kier alpha value is -3.39. The van der Waals surface area contributed by atoms with Crippen molar-refractivity contribution in [1.82, 2.24) is 29.8 Å². The minimum atomic E-state index is -0.285.